The largest absolute Gasteiger partial charge is 0.497 e. The fourth-order valence-electron chi connectivity index (χ4n) is 4.99. The van der Waals surface area contributed by atoms with E-state index in [0.717, 1.165) is 19.9 Å². The van der Waals surface area contributed by atoms with Crippen LogP contribution in [0.15, 0.2) is 112 Å². The monoisotopic (exact) mass is 721 g/mol. The van der Waals surface area contributed by atoms with E-state index in [9.17, 15) is 18.0 Å². The van der Waals surface area contributed by atoms with Crippen LogP contribution in [0.5, 0.6) is 11.5 Å². The Hall–Kier alpha value is -4.35. The molecule has 0 radical (unpaired) electrons. The summed E-state index contributed by atoms with van der Waals surface area (Å²) in [5.41, 5.74) is 1.82. The first-order valence-electron chi connectivity index (χ1n) is 15.2. The highest BCUT2D eigenvalue weighted by Gasteiger charge is 2.35. The molecule has 0 fully saturated rings. The standard InChI is InChI=1S/C36H40BrN3O6S/c1-26(2)23-38-36(42)33(22-27-10-6-5-7-11-27)39(24-28-14-16-29(37)17-15-28)35(41)25-40(32-12-8-9-13-34(32)46-4)47(43,44)31-20-18-30(45-3)19-21-31/h5-21,26,33H,22-25H2,1-4H3,(H,38,42)/t33-/m1/s1. The molecule has 0 unspecified atom stereocenters. The molecule has 0 heterocycles. The van der Waals surface area contributed by atoms with Crippen LogP contribution < -0.4 is 19.1 Å². The summed E-state index contributed by atoms with van der Waals surface area (Å²) in [6.45, 7) is 3.89. The van der Waals surface area contributed by atoms with Crippen LogP contribution in [0.2, 0.25) is 0 Å². The van der Waals surface area contributed by atoms with E-state index in [0.29, 0.717) is 12.3 Å². The van der Waals surface area contributed by atoms with Crippen molar-refractivity contribution >= 4 is 43.5 Å². The summed E-state index contributed by atoms with van der Waals surface area (Å²) < 4.78 is 41.3. The molecule has 2 amide bonds. The molecule has 0 aliphatic carbocycles. The number of sulfonamides is 1. The number of benzene rings is 4. The molecule has 11 heteroatoms. The van der Waals surface area contributed by atoms with Crippen molar-refractivity contribution in [1.29, 1.82) is 0 Å². The second kappa shape index (κ2) is 16.5. The zero-order chi connectivity index (χ0) is 34.0. The number of hydrogen-bond acceptors (Lipinski definition) is 6. The van der Waals surface area contributed by atoms with Crippen molar-refractivity contribution in [2.24, 2.45) is 5.92 Å². The maximum absolute atomic E-state index is 14.6. The van der Waals surface area contributed by atoms with Crippen LogP contribution in [0.4, 0.5) is 5.69 Å². The Balaban J connectivity index is 1.82. The van der Waals surface area contributed by atoms with E-state index in [-0.39, 0.29) is 41.1 Å². The number of nitrogens with one attached hydrogen (secondary N) is 1. The van der Waals surface area contributed by atoms with Gasteiger partial charge >= 0.3 is 0 Å². The van der Waals surface area contributed by atoms with Gasteiger partial charge in [0.25, 0.3) is 10.0 Å². The summed E-state index contributed by atoms with van der Waals surface area (Å²) in [7, 11) is -1.37. The Morgan fingerprint density at radius 1 is 0.809 bits per heavy atom. The topological polar surface area (TPSA) is 105 Å². The number of nitrogens with zero attached hydrogens (tertiary/aromatic N) is 2. The number of carbonyl (C=O) groups is 2. The molecule has 248 valence electrons. The fraction of sp³-hybridized carbons (Fsp3) is 0.278. The molecule has 4 rings (SSSR count). The summed E-state index contributed by atoms with van der Waals surface area (Å²) in [5.74, 6) is 0.0575. The summed E-state index contributed by atoms with van der Waals surface area (Å²) in [6, 6.07) is 28.5. The molecule has 0 spiro atoms. The quantitative estimate of drug-likeness (QED) is 0.160. The van der Waals surface area contributed by atoms with Gasteiger partial charge in [-0.05, 0) is 65.6 Å². The summed E-state index contributed by atoms with van der Waals surface area (Å²) in [6.07, 6.45) is 0.229. The van der Waals surface area contributed by atoms with Gasteiger partial charge in [0.2, 0.25) is 11.8 Å². The summed E-state index contributed by atoms with van der Waals surface area (Å²) >= 11 is 3.46. The van der Waals surface area contributed by atoms with Crippen LogP contribution >= 0.6 is 15.9 Å². The van der Waals surface area contributed by atoms with E-state index < -0.39 is 28.5 Å². The fourth-order valence-corrected chi connectivity index (χ4v) is 6.68. The smallest absolute Gasteiger partial charge is 0.264 e. The molecule has 0 aliphatic heterocycles. The van der Waals surface area contributed by atoms with Gasteiger partial charge in [-0.25, -0.2) is 8.42 Å². The van der Waals surface area contributed by atoms with Gasteiger partial charge in [-0.1, -0.05) is 84.4 Å². The predicted molar refractivity (Wildman–Crippen MR) is 187 cm³/mol. The SMILES string of the molecule is COc1ccc(S(=O)(=O)N(CC(=O)N(Cc2ccc(Br)cc2)[C@H](Cc2ccccc2)C(=O)NCC(C)C)c2ccccc2OC)cc1. The van der Waals surface area contributed by atoms with Crippen molar-refractivity contribution in [3.63, 3.8) is 0 Å². The number of amides is 2. The van der Waals surface area contributed by atoms with E-state index >= 15 is 0 Å². The number of anilines is 1. The second-order valence-electron chi connectivity index (χ2n) is 11.4. The highest BCUT2D eigenvalue weighted by molar-refractivity contribution is 9.10. The van der Waals surface area contributed by atoms with Gasteiger partial charge in [-0.2, -0.15) is 0 Å². The normalized spacial score (nSPS) is 11.9. The minimum atomic E-state index is -4.30. The summed E-state index contributed by atoms with van der Waals surface area (Å²) in [4.78, 5) is 30.0. The third-order valence-corrected chi connectivity index (χ3v) is 9.80. The number of methoxy groups -OCH3 is 2. The second-order valence-corrected chi connectivity index (χ2v) is 14.1. The van der Waals surface area contributed by atoms with E-state index in [2.05, 4.69) is 21.2 Å². The van der Waals surface area contributed by atoms with Crippen LogP contribution in [0, 0.1) is 5.92 Å². The molecule has 4 aromatic rings. The van der Waals surface area contributed by atoms with Gasteiger partial charge in [-0.3, -0.25) is 13.9 Å². The predicted octanol–water partition coefficient (Wildman–Crippen LogP) is 6.07. The van der Waals surface area contributed by atoms with Crippen LogP contribution in [-0.2, 0) is 32.6 Å². The Morgan fingerprint density at radius 3 is 2.06 bits per heavy atom. The zero-order valence-electron chi connectivity index (χ0n) is 26.9. The van der Waals surface area contributed by atoms with Crippen molar-refractivity contribution in [1.82, 2.24) is 10.2 Å². The van der Waals surface area contributed by atoms with Crippen LogP contribution in [0.3, 0.4) is 0 Å². The third kappa shape index (κ3) is 9.36. The molecule has 1 N–H and O–H groups in total. The molecule has 0 aliphatic rings. The molecule has 4 aromatic carbocycles. The average molecular weight is 723 g/mol. The molecule has 0 bridgehead atoms. The van der Waals surface area contributed by atoms with Crippen LogP contribution in [0.25, 0.3) is 0 Å². The number of hydrogen-bond donors (Lipinski definition) is 1. The average Bonchev–Trinajstić information content (AvgIpc) is 3.08. The molecule has 0 saturated carbocycles. The van der Waals surface area contributed by atoms with Crippen LogP contribution in [-0.4, -0.2) is 58.5 Å². The van der Waals surface area contributed by atoms with E-state index in [1.807, 2.05) is 68.4 Å². The minimum Gasteiger partial charge on any atom is -0.497 e. The number of carbonyl (C=O) groups excluding carboxylic acids is 2. The lowest BCUT2D eigenvalue weighted by Gasteiger charge is -2.34. The van der Waals surface area contributed by atoms with Crippen molar-refractivity contribution in [2.75, 3.05) is 31.6 Å². The van der Waals surface area contributed by atoms with E-state index in [1.54, 1.807) is 36.4 Å². The first kappa shape index (κ1) is 35.5. The highest BCUT2D eigenvalue weighted by Crippen LogP contribution is 2.33. The Kier molecular flexibility index (Phi) is 12.4. The van der Waals surface area contributed by atoms with Gasteiger partial charge in [0.15, 0.2) is 0 Å². The third-order valence-electron chi connectivity index (χ3n) is 7.50. The van der Waals surface area contributed by atoms with Crippen molar-refractivity contribution in [2.45, 2.75) is 37.8 Å². The number of halogens is 1. The first-order valence-corrected chi connectivity index (χ1v) is 17.4. The zero-order valence-corrected chi connectivity index (χ0v) is 29.3. The molecule has 0 aromatic heterocycles. The van der Waals surface area contributed by atoms with Gasteiger partial charge in [0.1, 0.15) is 24.1 Å². The number of ether oxygens (including phenoxy) is 2. The van der Waals surface area contributed by atoms with Crippen molar-refractivity contribution in [3.8, 4) is 11.5 Å². The number of rotatable bonds is 15. The van der Waals surface area contributed by atoms with E-state index in [1.165, 1.54) is 31.3 Å². The van der Waals surface area contributed by atoms with E-state index in [4.69, 9.17) is 9.47 Å². The van der Waals surface area contributed by atoms with Gasteiger partial charge in [0, 0.05) is 24.0 Å². The van der Waals surface area contributed by atoms with Crippen molar-refractivity contribution < 1.29 is 27.5 Å². The molecule has 0 saturated heterocycles. The van der Waals surface area contributed by atoms with Gasteiger partial charge in [-0.15, -0.1) is 0 Å². The van der Waals surface area contributed by atoms with Crippen LogP contribution in [0.1, 0.15) is 25.0 Å². The lowest BCUT2D eigenvalue weighted by Crippen LogP contribution is -2.53. The van der Waals surface area contributed by atoms with Gasteiger partial charge < -0.3 is 19.7 Å². The number of para-hydroxylation sites is 2. The molecule has 9 nitrogen and oxygen atoms in total. The minimum absolute atomic E-state index is 0.0352. The Labute approximate surface area is 285 Å². The Bertz CT molecular complexity index is 1730. The highest BCUT2D eigenvalue weighted by atomic mass is 79.9. The molecule has 47 heavy (non-hydrogen) atoms. The lowest BCUT2D eigenvalue weighted by atomic mass is 10.0. The molecular formula is C36H40BrN3O6S. The maximum atomic E-state index is 14.6. The molecular weight excluding hydrogens is 682 g/mol. The summed E-state index contributed by atoms with van der Waals surface area (Å²) in [5, 5.41) is 3.00. The first-order chi connectivity index (χ1) is 22.5. The lowest BCUT2D eigenvalue weighted by molar-refractivity contribution is -0.140. The van der Waals surface area contributed by atoms with Gasteiger partial charge in [0.05, 0.1) is 24.8 Å². The molecule has 1 atom stereocenters. The Morgan fingerprint density at radius 2 is 1.45 bits per heavy atom. The maximum Gasteiger partial charge on any atom is 0.264 e. The van der Waals surface area contributed by atoms with Crippen molar-refractivity contribution in [3.05, 3.63) is 119 Å².